The highest BCUT2D eigenvalue weighted by Gasteiger charge is 1.98. The summed E-state index contributed by atoms with van der Waals surface area (Å²) in [6, 6.07) is 0. The second-order valence-electron chi connectivity index (χ2n) is 1.65. The highest BCUT2D eigenvalue weighted by Crippen LogP contribution is 1.82. The van der Waals surface area contributed by atoms with Crippen LogP contribution in [0.15, 0.2) is 0 Å². The summed E-state index contributed by atoms with van der Waals surface area (Å²) in [5.74, 6) is 0. The Morgan fingerprint density at radius 2 is 1.50 bits per heavy atom. The minimum absolute atomic E-state index is 0. The van der Waals surface area contributed by atoms with Crippen molar-refractivity contribution in [3.63, 3.8) is 0 Å². The van der Waals surface area contributed by atoms with Crippen molar-refractivity contribution in [2.75, 3.05) is 0 Å². The van der Waals surface area contributed by atoms with Gasteiger partial charge in [-0.25, -0.2) is 0 Å². The highest BCUT2D eigenvalue weighted by molar-refractivity contribution is 4.47. The third kappa shape index (κ3) is 2230. The average Bonchev–Trinajstić information content (AvgIpc) is 0.722. The first-order valence-corrected chi connectivity index (χ1v) is 1.51. The number of hydrogen-bond acceptors (Lipinski definition) is 3. The molecule has 0 amide bonds. The molecule has 0 aromatic rings. The molecule has 0 bridgehead atoms. The van der Waals surface area contributed by atoms with E-state index in [1.807, 2.05) is 0 Å². The molecule has 0 fully saturated rings. The van der Waals surface area contributed by atoms with Crippen LogP contribution in [0.4, 0.5) is 0 Å². The molecule has 0 atom stereocenters. The molecule has 0 aromatic heterocycles. The van der Waals surface area contributed by atoms with Crippen molar-refractivity contribution < 1.29 is 5.11 Å². The summed E-state index contributed by atoms with van der Waals surface area (Å²) in [6.07, 6.45) is 0. The molecule has 3 heteroatoms. The average molecular weight is 92.1 g/mol. The molecule has 40 valence electrons. The summed E-state index contributed by atoms with van der Waals surface area (Å²) < 4.78 is 0. The molecule has 0 saturated carbocycles. The topological polar surface area (TPSA) is 81.2 Å². The maximum Gasteiger partial charge on any atom is 0.107 e. The van der Waals surface area contributed by atoms with E-state index in [1.54, 1.807) is 0 Å². The van der Waals surface area contributed by atoms with Crippen molar-refractivity contribution >= 4 is 0 Å². The Balaban J connectivity index is 0. The lowest BCUT2D eigenvalue weighted by atomic mass is 10.4. The SMILES string of the molecule is CC(C)(N)O.N. The zero-order chi connectivity index (χ0) is 4.50. The molecule has 0 saturated heterocycles. The van der Waals surface area contributed by atoms with Gasteiger partial charge in [-0.15, -0.1) is 0 Å². The predicted octanol–water partition coefficient (Wildman–Crippen LogP) is -0.165. The van der Waals surface area contributed by atoms with E-state index in [9.17, 15) is 0 Å². The summed E-state index contributed by atoms with van der Waals surface area (Å²) in [7, 11) is 0. The molecule has 0 aliphatic rings. The second-order valence-corrected chi connectivity index (χ2v) is 1.65. The van der Waals surface area contributed by atoms with Crippen LogP contribution in [-0.4, -0.2) is 10.8 Å². The second kappa shape index (κ2) is 2.12. The van der Waals surface area contributed by atoms with Gasteiger partial charge in [-0.3, -0.25) is 0 Å². The van der Waals surface area contributed by atoms with Crippen molar-refractivity contribution in [1.29, 1.82) is 0 Å². The van der Waals surface area contributed by atoms with Crippen LogP contribution < -0.4 is 11.9 Å². The Hall–Kier alpha value is -0.120. The molecule has 0 spiro atoms. The van der Waals surface area contributed by atoms with E-state index in [4.69, 9.17) is 10.8 Å². The van der Waals surface area contributed by atoms with Crippen molar-refractivity contribution in [3.05, 3.63) is 0 Å². The van der Waals surface area contributed by atoms with Gasteiger partial charge in [0.1, 0.15) is 5.72 Å². The number of aliphatic hydroxyl groups is 1. The normalized spacial score (nSPS) is 10.0. The van der Waals surface area contributed by atoms with E-state index >= 15 is 0 Å². The Morgan fingerprint density at radius 1 is 1.50 bits per heavy atom. The zero-order valence-corrected chi connectivity index (χ0v) is 4.23. The molecule has 0 unspecified atom stereocenters. The number of hydrogen-bond donors (Lipinski definition) is 3. The number of nitrogens with two attached hydrogens (primary N) is 1. The minimum Gasteiger partial charge on any atom is -0.377 e. The standard InChI is InChI=1S/C3H9NO.H3N/c1-3(2,4)5;/h5H,4H2,1-2H3;1H3. The molecule has 0 aromatic carbocycles. The lowest BCUT2D eigenvalue weighted by Gasteiger charge is -2.05. The van der Waals surface area contributed by atoms with Crippen LogP contribution in [0.3, 0.4) is 0 Å². The smallest absolute Gasteiger partial charge is 0.107 e. The van der Waals surface area contributed by atoms with Crippen LogP contribution in [0.2, 0.25) is 0 Å². The highest BCUT2D eigenvalue weighted by atomic mass is 16.3. The van der Waals surface area contributed by atoms with E-state index in [0.29, 0.717) is 0 Å². The van der Waals surface area contributed by atoms with Gasteiger partial charge in [0, 0.05) is 0 Å². The summed E-state index contributed by atoms with van der Waals surface area (Å²) in [5.41, 5.74) is 3.91. The van der Waals surface area contributed by atoms with Crippen molar-refractivity contribution in [3.8, 4) is 0 Å². The third-order valence-electron chi connectivity index (χ3n) is 0. The first-order chi connectivity index (χ1) is 2.00. The maximum atomic E-state index is 8.30. The van der Waals surface area contributed by atoms with Gasteiger partial charge in [-0.2, -0.15) is 0 Å². The van der Waals surface area contributed by atoms with Gasteiger partial charge in [-0.05, 0) is 13.8 Å². The monoisotopic (exact) mass is 92.1 g/mol. The van der Waals surface area contributed by atoms with E-state index in [1.165, 1.54) is 13.8 Å². The summed E-state index contributed by atoms with van der Waals surface area (Å²) in [5, 5.41) is 8.30. The summed E-state index contributed by atoms with van der Waals surface area (Å²) >= 11 is 0. The van der Waals surface area contributed by atoms with E-state index in [-0.39, 0.29) is 6.15 Å². The van der Waals surface area contributed by atoms with Crippen molar-refractivity contribution in [2.24, 2.45) is 5.73 Å². The Labute approximate surface area is 37.7 Å². The first-order valence-electron chi connectivity index (χ1n) is 1.51. The van der Waals surface area contributed by atoms with Crippen LogP contribution in [-0.2, 0) is 0 Å². The lowest BCUT2D eigenvalue weighted by Crippen LogP contribution is -2.30. The lowest BCUT2D eigenvalue weighted by molar-refractivity contribution is 0.0881. The molecule has 0 radical (unpaired) electrons. The van der Waals surface area contributed by atoms with Crippen LogP contribution in [0, 0.1) is 0 Å². The molecule has 6 N–H and O–H groups in total. The van der Waals surface area contributed by atoms with Gasteiger partial charge >= 0.3 is 0 Å². The zero-order valence-electron chi connectivity index (χ0n) is 4.23. The van der Waals surface area contributed by atoms with Crippen LogP contribution in [0.25, 0.3) is 0 Å². The fourth-order valence-corrected chi connectivity index (χ4v) is 0. The van der Waals surface area contributed by atoms with Gasteiger partial charge in [-0.1, -0.05) is 0 Å². The van der Waals surface area contributed by atoms with Gasteiger partial charge in [0.05, 0.1) is 0 Å². The molecule has 6 heavy (non-hydrogen) atoms. The first kappa shape index (κ1) is 9.30. The van der Waals surface area contributed by atoms with Crippen LogP contribution in [0.1, 0.15) is 13.8 Å². The van der Waals surface area contributed by atoms with Crippen molar-refractivity contribution in [1.82, 2.24) is 6.15 Å². The van der Waals surface area contributed by atoms with Crippen LogP contribution >= 0.6 is 0 Å². The third-order valence-corrected chi connectivity index (χ3v) is 0. The molecule has 0 heterocycles. The van der Waals surface area contributed by atoms with Gasteiger partial charge < -0.3 is 17.0 Å². The van der Waals surface area contributed by atoms with Crippen molar-refractivity contribution in [2.45, 2.75) is 19.6 Å². The molecular formula is C3H12N2O. The van der Waals surface area contributed by atoms with Gasteiger partial charge in [0.25, 0.3) is 0 Å². The van der Waals surface area contributed by atoms with E-state index in [0.717, 1.165) is 0 Å². The predicted molar refractivity (Wildman–Crippen MR) is 25.5 cm³/mol. The molecule has 0 rings (SSSR count). The molecule has 3 nitrogen and oxygen atoms in total. The molecular weight excluding hydrogens is 80.0 g/mol. The quantitative estimate of drug-likeness (QED) is 0.363. The molecule has 0 aliphatic heterocycles. The Kier molecular flexibility index (Phi) is 3.29. The number of rotatable bonds is 0. The van der Waals surface area contributed by atoms with E-state index in [2.05, 4.69) is 0 Å². The van der Waals surface area contributed by atoms with Crippen LogP contribution in [0.5, 0.6) is 0 Å². The fourth-order valence-electron chi connectivity index (χ4n) is 0. The Morgan fingerprint density at radius 3 is 1.50 bits per heavy atom. The fraction of sp³-hybridized carbons (Fsp3) is 1.00. The Bertz CT molecular complexity index is 24.3. The summed E-state index contributed by atoms with van der Waals surface area (Å²) in [6.45, 7) is 3.04. The van der Waals surface area contributed by atoms with Gasteiger partial charge in [0.15, 0.2) is 0 Å². The van der Waals surface area contributed by atoms with E-state index < -0.39 is 5.72 Å². The maximum absolute atomic E-state index is 8.30. The van der Waals surface area contributed by atoms with Gasteiger partial charge in [0.2, 0.25) is 0 Å². The summed E-state index contributed by atoms with van der Waals surface area (Å²) in [4.78, 5) is 0. The molecule has 0 aliphatic carbocycles. The minimum atomic E-state index is -1.00. The largest absolute Gasteiger partial charge is 0.377 e.